The van der Waals surface area contributed by atoms with Crippen molar-refractivity contribution in [2.75, 3.05) is 26.0 Å². The molecule has 1 aromatic rings. The highest BCUT2D eigenvalue weighted by Gasteiger charge is 2.25. The highest BCUT2D eigenvalue weighted by atomic mass is 32.2. The van der Waals surface area contributed by atoms with E-state index in [4.69, 9.17) is 9.88 Å². The molecule has 1 aromatic carbocycles. The quantitative estimate of drug-likeness (QED) is 0.850. The van der Waals surface area contributed by atoms with Crippen molar-refractivity contribution in [2.24, 2.45) is 5.14 Å². The Balaban J connectivity index is 2.09. The number of primary sulfonamides is 1. The average Bonchev–Trinajstić information content (AvgIpc) is 2.91. The lowest BCUT2D eigenvalue weighted by Gasteiger charge is -2.26. The van der Waals surface area contributed by atoms with Gasteiger partial charge in [0, 0.05) is 6.04 Å². The van der Waals surface area contributed by atoms with Crippen LogP contribution in [0, 0.1) is 0 Å². The third-order valence-corrected chi connectivity index (χ3v) is 4.56. The van der Waals surface area contributed by atoms with Crippen LogP contribution in [0.1, 0.15) is 18.4 Å². The molecular weight excluding hydrogens is 276 g/mol. The molecule has 0 saturated carbocycles. The van der Waals surface area contributed by atoms with Crippen molar-refractivity contribution in [2.45, 2.75) is 25.3 Å². The Labute approximate surface area is 120 Å². The molecule has 1 unspecified atom stereocenters. The van der Waals surface area contributed by atoms with Crippen LogP contribution in [0.25, 0.3) is 0 Å². The Bertz CT molecular complexity index is 522. The number of methoxy groups -OCH3 is 1. The molecule has 1 atom stereocenters. The number of nitrogens with zero attached hydrogens (tertiary/aromatic N) is 1. The Morgan fingerprint density at radius 3 is 2.35 bits per heavy atom. The first-order chi connectivity index (χ1) is 9.48. The molecule has 20 heavy (non-hydrogen) atoms. The molecule has 0 spiro atoms. The molecule has 2 N–H and O–H groups in total. The predicted octanol–water partition coefficient (Wildman–Crippen LogP) is 0.991. The molecule has 1 aliphatic heterocycles. The van der Waals surface area contributed by atoms with E-state index in [0.717, 1.165) is 37.2 Å². The Morgan fingerprint density at radius 2 is 1.85 bits per heavy atom. The van der Waals surface area contributed by atoms with Crippen molar-refractivity contribution in [3.63, 3.8) is 0 Å². The molecular formula is C14H22N2O3S. The Hall–Kier alpha value is -1.11. The van der Waals surface area contributed by atoms with E-state index >= 15 is 0 Å². The van der Waals surface area contributed by atoms with Gasteiger partial charge < -0.3 is 4.74 Å². The first kappa shape index (κ1) is 15.3. The highest BCUT2D eigenvalue weighted by molar-refractivity contribution is 7.89. The summed E-state index contributed by atoms with van der Waals surface area (Å²) in [5, 5.41) is 5.23. The Morgan fingerprint density at radius 1 is 1.25 bits per heavy atom. The minimum atomic E-state index is -3.46. The fraction of sp³-hybridized carbons (Fsp3) is 0.571. The van der Waals surface area contributed by atoms with E-state index in [1.165, 1.54) is 0 Å². The topological polar surface area (TPSA) is 72.6 Å². The minimum absolute atomic E-state index is 0.0129. The standard InChI is InChI=1S/C14H22N2O3S/c1-19-14-6-4-12(5-7-14)10-13(11-20(15,17)18)16-8-2-3-9-16/h4-7,13H,2-3,8-11H2,1H3,(H2,15,17,18). The van der Waals surface area contributed by atoms with Crippen LogP contribution >= 0.6 is 0 Å². The van der Waals surface area contributed by atoms with Gasteiger partial charge in [0.25, 0.3) is 0 Å². The molecule has 1 saturated heterocycles. The fourth-order valence-electron chi connectivity index (χ4n) is 2.70. The largest absolute Gasteiger partial charge is 0.497 e. The zero-order valence-electron chi connectivity index (χ0n) is 11.8. The number of sulfonamides is 1. The summed E-state index contributed by atoms with van der Waals surface area (Å²) in [6, 6.07) is 7.71. The lowest BCUT2D eigenvalue weighted by Crippen LogP contribution is -2.41. The Kier molecular flexibility index (Phi) is 5.01. The van der Waals surface area contributed by atoms with Gasteiger partial charge in [0.2, 0.25) is 10.0 Å². The van der Waals surface area contributed by atoms with E-state index in [0.29, 0.717) is 6.42 Å². The molecule has 1 heterocycles. The van der Waals surface area contributed by atoms with Crippen molar-refractivity contribution in [3.05, 3.63) is 29.8 Å². The normalized spacial score (nSPS) is 18.1. The lowest BCUT2D eigenvalue weighted by atomic mass is 10.1. The summed E-state index contributed by atoms with van der Waals surface area (Å²) < 4.78 is 28.0. The summed E-state index contributed by atoms with van der Waals surface area (Å²) in [6.07, 6.45) is 2.95. The molecule has 112 valence electrons. The van der Waals surface area contributed by atoms with Gasteiger partial charge in [-0.25, -0.2) is 13.6 Å². The third kappa shape index (κ3) is 4.47. The van der Waals surface area contributed by atoms with Crippen molar-refractivity contribution in [1.82, 2.24) is 4.90 Å². The maximum atomic E-state index is 11.4. The fourth-order valence-corrected chi connectivity index (χ4v) is 3.57. The maximum absolute atomic E-state index is 11.4. The molecule has 6 heteroatoms. The van der Waals surface area contributed by atoms with Crippen LogP contribution in [0.2, 0.25) is 0 Å². The van der Waals surface area contributed by atoms with E-state index < -0.39 is 10.0 Å². The monoisotopic (exact) mass is 298 g/mol. The second-order valence-corrected chi connectivity index (χ2v) is 6.94. The van der Waals surface area contributed by atoms with Gasteiger partial charge in [-0.3, -0.25) is 4.90 Å². The van der Waals surface area contributed by atoms with Crippen LogP contribution in [-0.2, 0) is 16.4 Å². The summed E-state index contributed by atoms with van der Waals surface area (Å²) in [7, 11) is -1.83. The molecule has 5 nitrogen and oxygen atoms in total. The molecule has 0 amide bonds. The summed E-state index contributed by atoms with van der Waals surface area (Å²) in [5.41, 5.74) is 1.10. The SMILES string of the molecule is COc1ccc(CC(CS(N)(=O)=O)N2CCCC2)cc1. The molecule has 0 bridgehead atoms. The van der Waals surface area contributed by atoms with E-state index in [9.17, 15) is 8.42 Å². The number of rotatable bonds is 6. The van der Waals surface area contributed by atoms with Crippen LogP contribution < -0.4 is 9.88 Å². The van der Waals surface area contributed by atoms with Gasteiger partial charge in [-0.15, -0.1) is 0 Å². The van der Waals surface area contributed by atoms with Gasteiger partial charge in [-0.05, 0) is 50.0 Å². The van der Waals surface area contributed by atoms with Gasteiger partial charge in [0.15, 0.2) is 0 Å². The number of hydrogen-bond acceptors (Lipinski definition) is 4. The van der Waals surface area contributed by atoms with Crippen LogP contribution in [-0.4, -0.2) is 45.3 Å². The zero-order chi connectivity index (χ0) is 14.6. The first-order valence-electron chi connectivity index (χ1n) is 6.85. The van der Waals surface area contributed by atoms with Crippen molar-refractivity contribution >= 4 is 10.0 Å². The smallest absolute Gasteiger partial charge is 0.210 e. The first-order valence-corrected chi connectivity index (χ1v) is 8.57. The van der Waals surface area contributed by atoms with Crippen LogP contribution in [0.3, 0.4) is 0 Å². The molecule has 1 aliphatic rings. The number of benzene rings is 1. The van der Waals surface area contributed by atoms with Crippen LogP contribution in [0.4, 0.5) is 0 Å². The summed E-state index contributed by atoms with van der Waals surface area (Å²) >= 11 is 0. The molecule has 0 radical (unpaired) electrons. The van der Waals surface area contributed by atoms with Crippen molar-refractivity contribution in [1.29, 1.82) is 0 Å². The minimum Gasteiger partial charge on any atom is -0.497 e. The van der Waals surface area contributed by atoms with Gasteiger partial charge >= 0.3 is 0 Å². The summed E-state index contributed by atoms with van der Waals surface area (Å²) in [6.45, 7) is 1.91. The van der Waals surface area contributed by atoms with Crippen molar-refractivity contribution in [3.8, 4) is 5.75 Å². The summed E-state index contributed by atoms with van der Waals surface area (Å²) in [4.78, 5) is 2.23. The molecule has 0 aliphatic carbocycles. The van der Waals surface area contributed by atoms with E-state index in [-0.39, 0.29) is 11.8 Å². The van der Waals surface area contributed by atoms with Crippen LogP contribution in [0.5, 0.6) is 5.75 Å². The van der Waals surface area contributed by atoms with Gasteiger partial charge in [0.05, 0.1) is 12.9 Å². The predicted molar refractivity (Wildman–Crippen MR) is 79.3 cm³/mol. The highest BCUT2D eigenvalue weighted by Crippen LogP contribution is 2.18. The van der Waals surface area contributed by atoms with Gasteiger partial charge in [-0.2, -0.15) is 0 Å². The van der Waals surface area contributed by atoms with Crippen molar-refractivity contribution < 1.29 is 13.2 Å². The van der Waals surface area contributed by atoms with Gasteiger partial charge in [0.1, 0.15) is 5.75 Å². The van der Waals surface area contributed by atoms with E-state index in [2.05, 4.69) is 4.90 Å². The summed E-state index contributed by atoms with van der Waals surface area (Å²) in [5.74, 6) is 0.817. The average molecular weight is 298 g/mol. The maximum Gasteiger partial charge on any atom is 0.210 e. The van der Waals surface area contributed by atoms with Crippen LogP contribution in [0.15, 0.2) is 24.3 Å². The molecule has 1 fully saturated rings. The van der Waals surface area contributed by atoms with Gasteiger partial charge in [-0.1, -0.05) is 12.1 Å². The molecule has 0 aromatic heterocycles. The second-order valence-electron chi connectivity index (χ2n) is 5.28. The lowest BCUT2D eigenvalue weighted by molar-refractivity contribution is 0.259. The molecule has 2 rings (SSSR count). The number of ether oxygens (including phenoxy) is 1. The number of nitrogens with two attached hydrogens (primary N) is 1. The number of hydrogen-bond donors (Lipinski definition) is 1. The van der Waals surface area contributed by atoms with E-state index in [1.54, 1.807) is 7.11 Å². The van der Waals surface area contributed by atoms with E-state index in [1.807, 2.05) is 24.3 Å². The second kappa shape index (κ2) is 6.56. The zero-order valence-corrected chi connectivity index (χ0v) is 12.6. The number of likely N-dealkylation sites (tertiary alicyclic amines) is 1. The third-order valence-electron chi connectivity index (χ3n) is 3.71.